The number of rotatable bonds is 2. The molecule has 0 saturated carbocycles. The van der Waals surface area contributed by atoms with Gasteiger partial charge in [0.05, 0.1) is 61.3 Å². The second-order valence-corrected chi connectivity index (χ2v) is 11.1. The predicted molar refractivity (Wildman–Crippen MR) is 177 cm³/mol. The van der Waals surface area contributed by atoms with Crippen LogP contribution in [0.25, 0.3) is 76.9 Å². The van der Waals surface area contributed by atoms with E-state index >= 15 is 0 Å². The maximum absolute atomic E-state index is 10.2. The number of fused-ring (bicyclic) bond motifs is 11. The summed E-state index contributed by atoms with van der Waals surface area (Å²) in [6, 6.07) is 44.7. The monoisotopic (exact) mass is 573 g/mol. The predicted octanol–water partition coefficient (Wildman–Crippen LogP) is 9.40. The molecule has 0 radical (unpaired) electrons. The van der Waals surface area contributed by atoms with Crippen molar-refractivity contribution in [1.29, 1.82) is 15.8 Å². The Labute approximate surface area is 256 Å². The minimum atomic E-state index is 0.166. The van der Waals surface area contributed by atoms with Gasteiger partial charge in [-0.1, -0.05) is 54.6 Å². The smallest absolute Gasteiger partial charge is 0.145 e. The lowest BCUT2D eigenvalue weighted by atomic mass is 10.0. The van der Waals surface area contributed by atoms with Crippen molar-refractivity contribution in [2.45, 2.75) is 0 Å². The molecule has 0 unspecified atom stereocenters. The molecule has 45 heavy (non-hydrogen) atoms. The zero-order valence-corrected chi connectivity index (χ0v) is 23.6. The Kier molecular flexibility index (Phi) is 5.00. The minimum Gasteiger partial charge on any atom is -0.455 e. The van der Waals surface area contributed by atoms with Crippen LogP contribution in [0.3, 0.4) is 0 Å². The molecule has 0 aliphatic carbocycles. The first-order valence-electron chi connectivity index (χ1n) is 14.5. The first kappa shape index (κ1) is 24.8. The molecule has 3 heterocycles. The van der Waals surface area contributed by atoms with Gasteiger partial charge >= 0.3 is 0 Å². The van der Waals surface area contributed by atoms with Crippen molar-refractivity contribution >= 4 is 65.6 Å². The topological polar surface area (TPSA) is 94.4 Å². The maximum Gasteiger partial charge on any atom is 0.145 e. The van der Waals surface area contributed by atoms with Crippen LogP contribution in [0.5, 0.6) is 0 Å². The Bertz CT molecular complexity index is 2850. The highest BCUT2D eigenvalue weighted by atomic mass is 16.3. The lowest BCUT2D eigenvalue weighted by Crippen LogP contribution is -2.01. The summed E-state index contributed by atoms with van der Waals surface area (Å²) in [4.78, 5) is 0. The number of nitrogens with zero attached hydrogens (tertiary/aromatic N) is 5. The average Bonchev–Trinajstić information content (AvgIpc) is 3.75. The molecule has 0 bridgehead atoms. The van der Waals surface area contributed by atoms with Gasteiger partial charge in [-0.3, -0.25) is 0 Å². The number of benzene rings is 6. The van der Waals surface area contributed by atoms with Gasteiger partial charge in [-0.25, -0.2) is 0 Å². The minimum absolute atomic E-state index is 0.166. The van der Waals surface area contributed by atoms with E-state index in [0.717, 1.165) is 71.2 Å². The van der Waals surface area contributed by atoms with E-state index in [0.29, 0.717) is 11.3 Å². The summed E-state index contributed by atoms with van der Waals surface area (Å²) in [6.07, 6.45) is 0. The summed E-state index contributed by atoms with van der Waals surface area (Å²) < 4.78 is 11.2. The number of hydrogen-bond donors (Lipinski definition) is 0. The van der Waals surface area contributed by atoms with Gasteiger partial charge in [0, 0.05) is 27.2 Å². The third kappa shape index (κ3) is 3.24. The molecule has 9 aromatic rings. The van der Waals surface area contributed by atoms with Gasteiger partial charge < -0.3 is 13.6 Å². The van der Waals surface area contributed by atoms with E-state index in [1.807, 2.05) is 53.1 Å². The molecule has 0 fully saturated rings. The first-order valence-corrected chi connectivity index (χ1v) is 14.5. The maximum atomic E-state index is 10.2. The molecule has 0 spiro atoms. The van der Waals surface area contributed by atoms with Crippen LogP contribution in [0.4, 0.5) is 0 Å². The van der Waals surface area contributed by atoms with Crippen LogP contribution in [0, 0.1) is 34.0 Å². The standard InChI is InChI=1S/C39H19N5O/c40-20-23-18-24(21-41)30(22-42)35(19-23)44-32-13-7-5-11-29(32)37-34(44)17-15-27-26-14-16-33-36(38(26)45-39(27)37)28-10-4-6-12-31(28)43(33)25-8-2-1-3-9-25/h1-19H. The zero-order chi connectivity index (χ0) is 30.2. The molecular weight excluding hydrogens is 554 g/mol. The Morgan fingerprint density at radius 3 is 1.67 bits per heavy atom. The summed E-state index contributed by atoms with van der Waals surface area (Å²) >= 11 is 0. The van der Waals surface area contributed by atoms with Crippen molar-refractivity contribution in [1.82, 2.24) is 9.13 Å². The first-order chi connectivity index (χ1) is 22.2. The lowest BCUT2D eigenvalue weighted by molar-refractivity contribution is 0.677. The van der Waals surface area contributed by atoms with Crippen LogP contribution in [0.2, 0.25) is 0 Å². The molecule has 9 rings (SSSR count). The van der Waals surface area contributed by atoms with Crippen molar-refractivity contribution < 1.29 is 4.42 Å². The summed E-state index contributed by atoms with van der Waals surface area (Å²) in [6.45, 7) is 0. The van der Waals surface area contributed by atoms with Crippen molar-refractivity contribution in [3.63, 3.8) is 0 Å². The van der Waals surface area contributed by atoms with Crippen LogP contribution >= 0.6 is 0 Å². The second-order valence-electron chi connectivity index (χ2n) is 11.1. The fourth-order valence-electron chi connectivity index (χ4n) is 6.98. The number of nitriles is 3. The SMILES string of the molecule is N#Cc1cc(C#N)c(C#N)c(-n2c3ccccc3c3c4oc5c(ccc6c5c5ccccc5n6-c5ccccc5)c4ccc32)c1. The van der Waals surface area contributed by atoms with Crippen molar-refractivity contribution in [3.05, 3.63) is 132 Å². The Morgan fingerprint density at radius 2 is 1.07 bits per heavy atom. The molecule has 6 heteroatoms. The van der Waals surface area contributed by atoms with Crippen LogP contribution < -0.4 is 0 Å². The second kappa shape index (κ2) is 9.09. The molecule has 3 aromatic heterocycles. The third-order valence-electron chi connectivity index (χ3n) is 8.81. The van der Waals surface area contributed by atoms with Crippen LogP contribution in [0.1, 0.15) is 16.7 Å². The average molecular weight is 574 g/mol. The summed E-state index contributed by atoms with van der Waals surface area (Å²) in [7, 11) is 0. The van der Waals surface area contributed by atoms with Gasteiger partial charge in [-0.2, -0.15) is 15.8 Å². The largest absolute Gasteiger partial charge is 0.455 e. The van der Waals surface area contributed by atoms with E-state index in [4.69, 9.17) is 4.42 Å². The molecule has 0 N–H and O–H groups in total. The Morgan fingerprint density at radius 1 is 0.489 bits per heavy atom. The molecular formula is C39H19N5O. The van der Waals surface area contributed by atoms with Gasteiger partial charge in [-0.05, 0) is 60.7 Å². The van der Waals surface area contributed by atoms with Crippen LogP contribution in [-0.4, -0.2) is 9.13 Å². The van der Waals surface area contributed by atoms with E-state index in [1.165, 1.54) is 6.07 Å². The van der Waals surface area contributed by atoms with E-state index in [2.05, 4.69) is 77.4 Å². The highest BCUT2D eigenvalue weighted by molar-refractivity contribution is 6.29. The highest BCUT2D eigenvalue weighted by Crippen LogP contribution is 2.45. The van der Waals surface area contributed by atoms with Crippen molar-refractivity contribution in [2.24, 2.45) is 0 Å². The molecule has 206 valence electrons. The van der Waals surface area contributed by atoms with E-state index < -0.39 is 0 Å². The fourth-order valence-corrected chi connectivity index (χ4v) is 6.98. The number of para-hydroxylation sites is 3. The van der Waals surface area contributed by atoms with Crippen LogP contribution in [-0.2, 0) is 0 Å². The van der Waals surface area contributed by atoms with E-state index in [-0.39, 0.29) is 11.1 Å². The quantitative estimate of drug-likeness (QED) is 0.206. The molecule has 6 aromatic carbocycles. The number of furan rings is 1. The summed E-state index contributed by atoms with van der Waals surface area (Å²) in [5, 5.41) is 35.8. The molecule has 0 aliphatic heterocycles. The van der Waals surface area contributed by atoms with Gasteiger partial charge in [0.25, 0.3) is 0 Å². The van der Waals surface area contributed by atoms with E-state index in [9.17, 15) is 15.8 Å². The van der Waals surface area contributed by atoms with Crippen molar-refractivity contribution in [3.8, 4) is 29.6 Å². The third-order valence-corrected chi connectivity index (χ3v) is 8.81. The normalized spacial score (nSPS) is 11.5. The Hall–Kier alpha value is -6.81. The lowest BCUT2D eigenvalue weighted by Gasteiger charge is -2.11. The van der Waals surface area contributed by atoms with Crippen LogP contribution in [0.15, 0.2) is 120 Å². The summed E-state index contributed by atoms with van der Waals surface area (Å²) in [5.74, 6) is 0. The molecule has 0 aliphatic rings. The summed E-state index contributed by atoms with van der Waals surface area (Å²) in [5.41, 5.74) is 7.66. The fraction of sp³-hybridized carbons (Fsp3) is 0. The van der Waals surface area contributed by atoms with Gasteiger partial charge in [0.15, 0.2) is 0 Å². The van der Waals surface area contributed by atoms with Gasteiger partial charge in [0.2, 0.25) is 0 Å². The Balaban J connectivity index is 1.45. The molecule has 0 amide bonds. The molecule has 0 saturated heterocycles. The van der Waals surface area contributed by atoms with Crippen molar-refractivity contribution in [2.75, 3.05) is 0 Å². The highest BCUT2D eigenvalue weighted by Gasteiger charge is 2.23. The molecule has 6 nitrogen and oxygen atoms in total. The number of hydrogen-bond acceptors (Lipinski definition) is 4. The molecule has 0 atom stereocenters. The zero-order valence-electron chi connectivity index (χ0n) is 23.6. The van der Waals surface area contributed by atoms with Gasteiger partial charge in [0.1, 0.15) is 23.3 Å². The van der Waals surface area contributed by atoms with E-state index in [1.54, 1.807) is 6.07 Å². The number of aromatic nitrogens is 2. The van der Waals surface area contributed by atoms with Gasteiger partial charge in [-0.15, -0.1) is 0 Å².